The smallest absolute Gasteiger partial charge is 0.235 e. The Balaban J connectivity index is 2.47. The second-order valence-corrected chi connectivity index (χ2v) is 6.52. The van der Waals surface area contributed by atoms with Gasteiger partial charge in [-0.25, -0.2) is 8.42 Å². The molecule has 1 heterocycles. The summed E-state index contributed by atoms with van der Waals surface area (Å²) in [6.45, 7) is 1.48. The van der Waals surface area contributed by atoms with Crippen LogP contribution in [0.2, 0.25) is 0 Å². The molecule has 0 saturated carbocycles. The van der Waals surface area contributed by atoms with Crippen LogP contribution in [0.3, 0.4) is 0 Å². The minimum Gasteiger partial charge on any atom is -0.383 e. The highest BCUT2D eigenvalue weighted by atomic mass is 32.2. The van der Waals surface area contributed by atoms with Gasteiger partial charge in [-0.3, -0.25) is 4.79 Å². The van der Waals surface area contributed by atoms with E-state index in [0.717, 1.165) is 23.4 Å². The molecule has 0 aromatic rings. The van der Waals surface area contributed by atoms with Gasteiger partial charge in [-0.1, -0.05) is 0 Å². The molecule has 1 unspecified atom stereocenters. The van der Waals surface area contributed by atoms with Gasteiger partial charge in [0.15, 0.2) is 0 Å². The number of amides is 1. The van der Waals surface area contributed by atoms with E-state index < -0.39 is 10.0 Å². The van der Waals surface area contributed by atoms with Gasteiger partial charge in [0.25, 0.3) is 0 Å². The van der Waals surface area contributed by atoms with Gasteiger partial charge in [-0.2, -0.15) is 4.31 Å². The van der Waals surface area contributed by atoms with Crippen molar-refractivity contribution in [1.29, 1.82) is 0 Å². The van der Waals surface area contributed by atoms with E-state index in [9.17, 15) is 13.2 Å². The number of ether oxygens (including phenoxy) is 2. The number of methoxy groups -OCH3 is 1. The van der Waals surface area contributed by atoms with Crippen molar-refractivity contribution in [3.05, 3.63) is 0 Å². The summed E-state index contributed by atoms with van der Waals surface area (Å²) >= 11 is 0. The predicted molar refractivity (Wildman–Crippen MR) is 70.3 cm³/mol. The first kappa shape index (κ1) is 16.4. The number of nitrogens with zero attached hydrogens (tertiary/aromatic N) is 1. The van der Waals surface area contributed by atoms with Crippen molar-refractivity contribution in [3.63, 3.8) is 0 Å². The second-order valence-electron chi connectivity index (χ2n) is 4.53. The third-order valence-corrected chi connectivity index (χ3v) is 4.06. The van der Waals surface area contributed by atoms with Gasteiger partial charge in [-0.15, -0.1) is 0 Å². The largest absolute Gasteiger partial charge is 0.383 e. The van der Waals surface area contributed by atoms with Crippen molar-refractivity contribution in [2.75, 3.05) is 46.2 Å². The number of carbonyl (C=O) groups is 1. The number of sulfonamides is 1. The first-order chi connectivity index (χ1) is 8.93. The molecule has 19 heavy (non-hydrogen) atoms. The molecule has 1 aliphatic rings. The van der Waals surface area contributed by atoms with E-state index in [4.69, 9.17) is 9.47 Å². The Morgan fingerprint density at radius 3 is 2.79 bits per heavy atom. The Morgan fingerprint density at radius 2 is 2.26 bits per heavy atom. The summed E-state index contributed by atoms with van der Waals surface area (Å²) in [6, 6.07) is 0. The summed E-state index contributed by atoms with van der Waals surface area (Å²) in [5.74, 6) is -0.333. The minimum absolute atomic E-state index is 0.110. The van der Waals surface area contributed by atoms with Crippen LogP contribution in [0, 0.1) is 0 Å². The Morgan fingerprint density at radius 1 is 1.53 bits per heavy atom. The average molecular weight is 294 g/mol. The standard InChI is InChI=1S/C11H22N2O5S/c1-17-7-5-12-11(14)9-13(19(2,15)16)8-10-4-3-6-18-10/h10H,3-9H2,1-2H3,(H,12,14). The van der Waals surface area contributed by atoms with E-state index in [1.807, 2.05) is 0 Å². The van der Waals surface area contributed by atoms with Crippen LogP contribution in [-0.4, -0.2) is 70.9 Å². The number of carbonyl (C=O) groups excluding carboxylic acids is 1. The van der Waals surface area contributed by atoms with Gasteiger partial charge in [0.05, 0.1) is 25.5 Å². The van der Waals surface area contributed by atoms with Crippen LogP contribution in [0.15, 0.2) is 0 Å². The van der Waals surface area contributed by atoms with Crippen molar-refractivity contribution < 1.29 is 22.7 Å². The monoisotopic (exact) mass is 294 g/mol. The van der Waals surface area contributed by atoms with E-state index in [1.54, 1.807) is 0 Å². The zero-order valence-electron chi connectivity index (χ0n) is 11.4. The highest BCUT2D eigenvalue weighted by Crippen LogP contribution is 2.14. The molecule has 1 atom stereocenters. The van der Waals surface area contributed by atoms with Gasteiger partial charge in [-0.05, 0) is 12.8 Å². The topological polar surface area (TPSA) is 84.9 Å². The molecule has 0 aromatic heterocycles. The Labute approximate surface area is 114 Å². The molecule has 0 aromatic carbocycles. The highest BCUT2D eigenvalue weighted by molar-refractivity contribution is 7.88. The molecule has 1 rings (SSSR count). The molecule has 1 amide bonds. The first-order valence-corrected chi connectivity index (χ1v) is 8.10. The molecule has 0 aliphatic carbocycles. The molecule has 1 fully saturated rings. The molecule has 0 radical (unpaired) electrons. The average Bonchev–Trinajstić information content (AvgIpc) is 2.80. The lowest BCUT2D eigenvalue weighted by Gasteiger charge is -2.22. The quantitative estimate of drug-likeness (QED) is 0.592. The fourth-order valence-corrected chi connectivity index (χ4v) is 2.63. The number of hydrogen-bond acceptors (Lipinski definition) is 5. The van der Waals surface area contributed by atoms with Crippen molar-refractivity contribution in [3.8, 4) is 0 Å². The number of rotatable bonds is 8. The summed E-state index contributed by atoms with van der Waals surface area (Å²) in [4.78, 5) is 11.6. The zero-order valence-corrected chi connectivity index (χ0v) is 12.2. The van der Waals surface area contributed by atoms with E-state index in [2.05, 4.69) is 5.32 Å². The lowest BCUT2D eigenvalue weighted by molar-refractivity contribution is -0.121. The zero-order chi connectivity index (χ0) is 14.3. The Kier molecular flexibility index (Phi) is 6.70. The molecule has 1 saturated heterocycles. The van der Waals surface area contributed by atoms with Crippen LogP contribution >= 0.6 is 0 Å². The molecular weight excluding hydrogens is 272 g/mol. The van der Waals surface area contributed by atoms with Crippen LogP contribution in [0.25, 0.3) is 0 Å². The van der Waals surface area contributed by atoms with Crippen LogP contribution in [0.4, 0.5) is 0 Å². The van der Waals surface area contributed by atoms with E-state index in [0.29, 0.717) is 19.8 Å². The molecule has 112 valence electrons. The molecule has 8 heteroatoms. The van der Waals surface area contributed by atoms with Crippen LogP contribution in [0.1, 0.15) is 12.8 Å². The molecule has 0 spiro atoms. The highest BCUT2D eigenvalue weighted by Gasteiger charge is 2.26. The van der Waals surface area contributed by atoms with E-state index >= 15 is 0 Å². The summed E-state index contributed by atoms with van der Waals surface area (Å²) < 4.78 is 34.7. The lowest BCUT2D eigenvalue weighted by Crippen LogP contribution is -2.44. The van der Waals surface area contributed by atoms with E-state index in [-0.39, 0.29) is 25.1 Å². The first-order valence-electron chi connectivity index (χ1n) is 6.26. The van der Waals surface area contributed by atoms with Gasteiger partial charge < -0.3 is 14.8 Å². The van der Waals surface area contributed by atoms with Crippen LogP contribution in [0.5, 0.6) is 0 Å². The summed E-state index contributed by atoms with van der Waals surface area (Å²) in [6.07, 6.45) is 2.76. The second kappa shape index (κ2) is 7.78. The Hall–Kier alpha value is -0.700. The van der Waals surface area contributed by atoms with Crippen molar-refractivity contribution in [2.45, 2.75) is 18.9 Å². The van der Waals surface area contributed by atoms with Crippen molar-refractivity contribution >= 4 is 15.9 Å². The predicted octanol–water partition coefficient (Wildman–Crippen LogP) is -0.810. The Bertz CT molecular complexity index is 379. The maximum absolute atomic E-state index is 11.7. The summed E-state index contributed by atoms with van der Waals surface area (Å²) in [5.41, 5.74) is 0. The van der Waals surface area contributed by atoms with Gasteiger partial charge >= 0.3 is 0 Å². The molecule has 1 aliphatic heterocycles. The molecular formula is C11H22N2O5S. The third kappa shape index (κ3) is 6.33. The third-order valence-electron chi connectivity index (χ3n) is 2.85. The number of hydrogen-bond donors (Lipinski definition) is 1. The molecule has 7 nitrogen and oxygen atoms in total. The number of nitrogens with one attached hydrogen (secondary N) is 1. The van der Waals surface area contributed by atoms with Gasteiger partial charge in [0.2, 0.25) is 15.9 Å². The summed E-state index contributed by atoms with van der Waals surface area (Å²) in [7, 11) is -1.88. The normalized spacial score (nSPS) is 19.8. The fourth-order valence-electron chi connectivity index (χ4n) is 1.84. The molecule has 1 N–H and O–H groups in total. The van der Waals surface area contributed by atoms with Crippen molar-refractivity contribution in [2.24, 2.45) is 0 Å². The lowest BCUT2D eigenvalue weighted by atomic mass is 10.2. The van der Waals surface area contributed by atoms with Gasteiger partial charge in [0.1, 0.15) is 0 Å². The van der Waals surface area contributed by atoms with Gasteiger partial charge in [0, 0.05) is 26.8 Å². The maximum Gasteiger partial charge on any atom is 0.235 e. The van der Waals surface area contributed by atoms with Crippen LogP contribution in [-0.2, 0) is 24.3 Å². The summed E-state index contributed by atoms with van der Waals surface area (Å²) in [5, 5.41) is 2.60. The van der Waals surface area contributed by atoms with Crippen molar-refractivity contribution in [1.82, 2.24) is 9.62 Å². The maximum atomic E-state index is 11.7. The fraction of sp³-hybridized carbons (Fsp3) is 0.909. The van der Waals surface area contributed by atoms with Crippen LogP contribution < -0.4 is 5.32 Å². The SMILES string of the molecule is COCCNC(=O)CN(CC1CCCO1)S(C)(=O)=O. The van der Waals surface area contributed by atoms with E-state index in [1.165, 1.54) is 7.11 Å². The molecule has 0 bridgehead atoms. The minimum atomic E-state index is -3.42.